The van der Waals surface area contributed by atoms with Gasteiger partial charge in [0.1, 0.15) is 11.4 Å². The Bertz CT molecular complexity index is 663. The fraction of sp³-hybridized carbons (Fsp3) is 0.556. The van der Waals surface area contributed by atoms with Gasteiger partial charge in [-0.05, 0) is 51.8 Å². The molecule has 0 N–H and O–H groups in total. The molecule has 0 spiro atoms. The molecule has 1 atom stereocenters. The van der Waals surface area contributed by atoms with Crippen LogP contribution < -0.4 is 28.9 Å². The van der Waals surface area contributed by atoms with Gasteiger partial charge in [0.15, 0.2) is 0 Å². The number of carboxylic acid groups (broad SMARTS) is 1. The van der Waals surface area contributed by atoms with Gasteiger partial charge in [0.05, 0.1) is 5.97 Å². The van der Waals surface area contributed by atoms with Crippen molar-refractivity contribution in [3.8, 4) is 0 Å². The Balaban J connectivity index is 0.00000338. The number of carboxylic acids is 1. The summed E-state index contributed by atoms with van der Waals surface area (Å²) < 4.78 is 19.3. The van der Waals surface area contributed by atoms with E-state index < -0.39 is 23.0 Å². The average Bonchev–Trinajstić information content (AvgIpc) is 2.52. The van der Waals surface area contributed by atoms with Gasteiger partial charge in [0.25, 0.3) is 0 Å². The molecule has 0 aliphatic carbocycles. The van der Waals surface area contributed by atoms with Crippen LogP contribution in [0.4, 0.5) is 14.9 Å². The maximum absolute atomic E-state index is 13.9. The minimum absolute atomic E-state index is 0. The molecule has 1 amide bonds. The van der Waals surface area contributed by atoms with E-state index in [1.807, 2.05) is 25.7 Å². The molecule has 6 nitrogen and oxygen atoms in total. The van der Waals surface area contributed by atoms with Crippen molar-refractivity contribution in [2.45, 2.75) is 45.3 Å². The number of amides is 1. The monoisotopic (exact) mass is 358 g/mol. The van der Waals surface area contributed by atoms with Crippen LogP contribution in [0.3, 0.4) is 0 Å². The maximum Gasteiger partial charge on any atom is 1.00 e. The molecule has 26 heavy (non-hydrogen) atoms. The summed E-state index contributed by atoms with van der Waals surface area (Å²) in [5, 5.41) is 10.8. The number of rotatable bonds is 3. The van der Waals surface area contributed by atoms with Gasteiger partial charge in [0, 0.05) is 37.4 Å². The number of likely N-dealkylation sites (tertiary alicyclic amines) is 1. The number of hydrogen-bond donors (Lipinski definition) is 0. The Labute approximate surface area is 165 Å². The van der Waals surface area contributed by atoms with Gasteiger partial charge in [-0.25, -0.2) is 9.18 Å². The second-order valence-corrected chi connectivity index (χ2v) is 7.28. The van der Waals surface area contributed by atoms with Crippen LogP contribution >= 0.6 is 0 Å². The Morgan fingerprint density at radius 1 is 1.35 bits per heavy atom. The smallest absolute Gasteiger partial charge is 0.545 e. The molecule has 2 rings (SSSR count). The molecule has 1 aromatic carbocycles. The van der Waals surface area contributed by atoms with E-state index in [4.69, 9.17) is 4.74 Å². The molecule has 138 valence electrons. The van der Waals surface area contributed by atoms with Crippen molar-refractivity contribution < 1.29 is 42.7 Å². The number of ether oxygens (including phenoxy) is 1. The SMILES string of the molecule is CN(c1ccc(C(=O)[O-])c(F)c1)C1CCCN(C(=O)OC(C)(C)C)C1.[Li+]. The molecule has 1 fully saturated rings. The predicted octanol–water partition coefficient (Wildman–Crippen LogP) is -0.971. The van der Waals surface area contributed by atoms with Crippen LogP contribution in [0.25, 0.3) is 0 Å². The first kappa shape index (κ1) is 22.3. The molecular formula is C18H24FLiN2O4. The van der Waals surface area contributed by atoms with E-state index in [2.05, 4.69) is 0 Å². The molecule has 0 aromatic heterocycles. The number of piperidine rings is 1. The molecular weight excluding hydrogens is 334 g/mol. The number of likely N-dealkylation sites (N-methyl/N-ethyl adjacent to an activating group) is 1. The van der Waals surface area contributed by atoms with Crippen molar-refractivity contribution >= 4 is 17.7 Å². The summed E-state index contributed by atoms with van der Waals surface area (Å²) in [6, 6.07) is 3.91. The number of aromatic carboxylic acids is 1. The van der Waals surface area contributed by atoms with Gasteiger partial charge in [0.2, 0.25) is 0 Å². The van der Waals surface area contributed by atoms with E-state index in [9.17, 15) is 19.1 Å². The summed E-state index contributed by atoms with van der Waals surface area (Å²) in [6.07, 6.45) is 1.30. The van der Waals surface area contributed by atoms with Crippen LogP contribution in [0.1, 0.15) is 44.0 Å². The fourth-order valence-electron chi connectivity index (χ4n) is 2.86. The zero-order valence-corrected chi connectivity index (χ0v) is 16.0. The zero-order chi connectivity index (χ0) is 18.8. The molecule has 1 heterocycles. The summed E-state index contributed by atoms with van der Waals surface area (Å²) in [5.74, 6) is -2.37. The van der Waals surface area contributed by atoms with Crippen LogP contribution in [0.15, 0.2) is 18.2 Å². The number of hydrogen-bond acceptors (Lipinski definition) is 5. The third-order valence-corrected chi connectivity index (χ3v) is 4.18. The number of carbonyl (C=O) groups excluding carboxylic acids is 2. The summed E-state index contributed by atoms with van der Waals surface area (Å²) >= 11 is 0. The summed E-state index contributed by atoms with van der Waals surface area (Å²) in [7, 11) is 1.80. The van der Waals surface area contributed by atoms with E-state index in [0.29, 0.717) is 18.8 Å². The second kappa shape index (κ2) is 8.78. The largest absolute Gasteiger partial charge is 1.00 e. The van der Waals surface area contributed by atoms with Crippen molar-refractivity contribution in [3.63, 3.8) is 0 Å². The van der Waals surface area contributed by atoms with Crippen molar-refractivity contribution in [3.05, 3.63) is 29.6 Å². The molecule has 8 heteroatoms. The summed E-state index contributed by atoms with van der Waals surface area (Å²) in [4.78, 5) is 26.6. The number of halogens is 1. The fourth-order valence-corrected chi connectivity index (χ4v) is 2.86. The molecule has 1 unspecified atom stereocenters. The van der Waals surface area contributed by atoms with Gasteiger partial charge in [-0.2, -0.15) is 0 Å². The minimum Gasteiger partial charge on any atom is -0.545 e. The van der Waals surface area contributed by atoms with Gasteiger partial charge in [-0.1, -0.05) is 0 Å². The standard InChI is InChI=1S/C18H25FN2O4.Li/c1-18(2,3)25-17(24)21-9-5-6-13(11-21)20(4)12-7-8-14(16(22)23)15(19)10-12;/h7-8,10,13H,5-6,9,11H2,1-4H3,(H,22,23);/q;+1/p-1. The van der Waals surface area contributed by atoms with E-state index in [1.165, 1.54) is 12.1 Å². The number of anilines is 1. The molecule has 0 radical (unpaired) electrons. The Kier molecular flexibility index (Phi) is 7.54. The Hall–Kier alpha value is -1.71. The van der Waals surface area contributed by atoms with E-state index >= 15 is 0 Å². The maximum atomic E-state index is 13.9. The topological polar surface area (TPSA) is 72.9 Å². The van der Waals surface area contributed by atoms with Crippen LogP contribution in [0.5, 0.6) is 0 Å². The predicted molar refractivity (Wildman–Crippen MR) is 90.0 cm³/mol. The summed E-state index contributed by atoms with van der Waals surface area (Å²) in [6.45, 7) is 6.55. The molecule has 1 aliphatic heterocycles. The molecule has 0 saturated carbocycles. The van der Waals surface area contributed by atoms with Crippen molar-refractivity contribution in [2.24, 2.45) is 0 Å². The van der Waals surface area contributed by atoms with Crippen molar-refractivity contribution in [2.75, 3.05) is 25.0 Å². The normalized spacial score (nSPS) is 17.3. The number of benzene rings is 1. The van der Waals surface area contributed by atoms with Gasteiger partial charge in [-0.3, -0.25) is 0 Å². The van der Waals surface area contributed by atoms with E-state index in [-0.39, 0.29) is 31.0 Å². The third-order valence-electron chi connectivity index (χ3n) is 4.18. The van der Waals surface area contributed by atoms with Crippen molar-refractivity contribution in [1.82, 2.24) is 4.90 Å². The van der Waals surface area contributed by atoms with Crippen molar-refractivity contribution in [1.29, 1.82) is 0 Å². The first-order valence-electron chi connectivity index (χ1n) is 8.30. The second-order valence-electron chi connectivity index (χ2n) is 7.28. The minimum atomic E-state index is -1.54. The van der Waals surface area contributed by atoms with E-state index in [0.717, 1.165) is 12.8 Å². The van der Waals surface area contributed by atoms with Gasteiger partial charge in [-0.15, -0.1) is 0 Å². The first-order chi connectivity index (χ1) is 11.6. The van der Waals surface area contributed by atoms with Crippen LogP contribution in [0, 0.1) is 5.82 Å². The zero-order valence-electron chi connectivity index (χ0n) is 16.0. The first-order valence-corrected chi connectivity index (χ1v) is 8.30. The Morgan fingerprint density at radius 3 is 2.54 bits per heavy atom. The van der Waals surface area contributed by atoms with E-state index in [1.54, 1.807) is 18.0 Å². The molecule has 0 bridgehead atoms. The third kappa shape index (κ3) is 5.65. The molecule has 1 saturated heterocycles. The average molecular weight is 358 g/mol. The Morgan fingerprint density at radius 2 is 2.00 bits per heavy atom. The number of nitrogens with zero attached hydrogens (tertiary/aromatic N) is 2. The van der Waals surface area contributed by atoms with Crippen LogP contribution in [-0.4, -0.2) is 48.7 Å². The quantitative estimate of drug-likeness (QED) is 0.650. The molecule has 1 aliphatic rings. The number of carbonyl (C=O) groups is 2. The van der Waals surface area contributed by atoms with Gasteiger partial charge < -0.3 is 24.4 Å². The van der Waals surface area contributed by atoms with Crippen LogP contribution in [0.2, 0.25) is 0 Å². The molecule has 1 aromatic rings. The van der Waals surface area contributed by atoms with Gasteiger partial charge >= 0.3 is 25.0 Å². The van der Waals surface area contributed by atoms with Crippen LogP contribution in [-0.2, 0) is 4.74 Å². The summed E-state index contributed by atoms with van der Waals surface area (Å²) in [5.41, 5.74) is -0.463.